The highest BCUT2D eigenvalue weighted by molar-refractivity contribution is 5.97. The second-order valence-corrected chi connectivity index (χ2v) is 5.12. The molecule has 0 radical (unpaired) electrons. The van der Waals surface area contributed by atoms with Crippen molar-refractivity contribution in [3.63, 3.8) is 0 Å². The number of hydrogen-bond acceptors (Lipinski definition) is 3. The van der Waals surface area contributed by atoms with Crippen molar-refractivity contribution in [3.05, 3.63) is 36.4 Å². The largest absolute Gasteiger partial charge is 0.325 e. The maximum absolute atomic E-state index is 11.8. The van der Waals surface area contributed by atoms with Crippen LogP contribution in [0.2, 0.25) is 0 Å². The van der Waals surface area contributed by atoms with Crippen LogP contribution in [0.15, 0.2) is 30.9 Å². The number of carbonyl (C=O) groups is 2. The average Bonchev–Trinajstić information content (AvgIpc) is 2.85. The highest BCUT2D eigenvalue weighted by Gasteiger charge is 2.22. The second-order valence-electron chi connectivity index (χ2n) is 5.12. The van der Waals surface area contributed by atoms with Crippen molar-refractivity contribution in [1.82, 2.24) is 5.32 Å². The summed E-state index contributed by atoms with van der Waals surface area (Å²) in [4.78, 5) is 25.3. The fourth-order valence-corrected chi connectivity index (χ4v) is 2.43. The molecule has 2 N–H and O–H groups in total. The molecule has 21 heavy (non-hydrogen) atoms. The first-order chi connectivity index (χ1) is 10.1. The first-order valence-electron chi connectivity index (χ1n) is 7.14. The van der Waals surface area contributed by atoms with Gasteiger partial charge in [-0.2, -0.15) is 0 Å². The minimum atomic E-state index is -0.0961. The van der Waals surface area contributed by atoms with Crippen molar-refractivity contribution < 1.29 is 9.59 Å². The number of nitrogens with zero attached hydrogens (tertiary/aromatic N) is 1. The van der Waals surface area contributed by atoms with Crippen LogP contribution in [0.3, 0.4) is 0 Å². The van der Waals surface area contributed by atoms with Crippen molar-refractivity contribution in [2.45, 2.75) is 19.8 Å². The number of aryl methyl sites for hydroxylation is 1. The molecule has 0 unspecified atom stereocenters. The van der Waals surface area contributed by atoms with E-state index < -0.39 is 0 Å². The topological polar surface area (TPSA) is 61.4 Å². The highest BCUT2D eigenvalue weighted by Crippen LogP contribution is 2.27. The highest BCUT2D eigenvalue weighted by atomic mass is 16.2. The predicted molar refractivity (Wildman–Crippen MR) is 84.5 cm³/mol. The molecule has 1 aliphatic heterocycles. The van der Waals surface area contributed by atoms with Gasteiger partial charge in [-0.05, 0) is 37.1 Å². The van der Waals surface area contributed by atoms with Gasteiger partial charge in [0.05, 0.1) is 6.54 Å². The fraction of sp³-hybridized carbons (Fsp3) is 0.375. The predicted octanol–water partition coefficient (Wildman–Crippen LogP) is 1.84. The third kappa shape index (κ3) is 3.92. The summed E-state index contributed by atoms with van der Waals surface area (Å²) in [5.41, 5.74) is 2.66. The van der Waals surface area contributed by atoms with Crippen LogP contribution in [-0.4, -0.2) is 31.4 Å². The van der Waals surface area contributed by atoms with Crippen LogP contribution < -0.4 is 15.5 Å². The third-order valence-corrected chi connectivity index (χ3v) is 3.42. The molecule has 5 heteroatoms. The molecule has 5 nitrogen and oxygen atoms in total. The lowest BCUT2D eigenvalue weighted by molar-refractivity contribution is -0.117. The molecule has 0 spiro atoms. The van der Waals surface area contributed by atoms with Crippen LogP contribution in [0.25, 0.3) is 0 Å². The fourth-order valence-electron chi connectivity index (χ4n) is 2.43. The van der Waals surface area contributed by atoms with E-state index in [0.29, 0.717) is 13.0 Å². The summed E-state index contributed by atoms with van der Waals surface area (Å²) in [6, 6.07) is 5.62. The minimum absolute atomic E-state index is 0.0961. The van der Waals surface area contributed by atoms with Crippen LogP contribution in [0.1, 0.15) is 18.4 Å². The lowest BCUT2D eigenvalue weighted by Gasteiger charge is -2.19. The Hall–Kier alpha value is -2.14. The Morgan fingerprint density at radius 2 is 2.29 bits per heavy atom. The second kappa shape index (κ2) is 7.04. The molecular formula is C16H21N3O2. The Labute approximate surface area is 125 Å². The van der Waals surface area contributed by atoms with Gasteiger partial charge in [0.25, 0.3) is 0 Å². The van der Waals surface area contributed by atoms with E-state index in [1.165, 1.54) is 0 Å². The van der Waals surface area contributed by atoms with Crippen molar-refractivity contribution in [2.75, 3.05) is 29.9 Å². The Morgan fingerprint density at radius 1 is 1.48 bits per heavy atom. The van der Waals surface area contributed by atoms with Gasteiger partial charge in [0.2, 0.25) is 11.8 Å². The van der Waals surface area contributed by atoms with E-state index in [2.05, 4.69) is 17.2 Å². The summed E-state index contributed by atoms with van der Waals surface area (Å²) in [6.07, 6.45) is 3.23. The SMILES string of the molecule is C=CCNCC(=O)Nc1ccc(N2CCCC2=O)c(C)c1. The van der Waals surface area contributed by atoms with Crippen LogP contribution in [0, 0.1) is 6.92 Å². The molecule has 2 rings (SSSR count). The zero-order chi connectivity index (χ0) is 15.2. The summed E-state index contributed by atoms with van der Waals surface area (Å²) < 4.78 is 0. The van der Waals surface area contributed by atoms with Crippen LogP contribution in [-0.2, 0) is 9.59 Å². The monoisotopic (exact) mass is 287 g/mol. The lowest BCUT2D eigenvalue weighted by Crippen LogP contribution is -2.28. The summed E-state index contributed by atoms with van der Waals surface area (Å²) in [6.45, 7) is 7.15. The number of carbonyl (C=O) groups excluding carboxylic acids is 2. The maximum Gasteiger partial charge on any atom is 0.238 e. The molecule has 0 atom stereocenters. The van der Waals surface area contributed by atoms with Crippen molar-refractivity contribution >= 4 is 23.2 Å². The van der Waals surface area contributed by atoms with Gasteiger partial charge in [-0.3, -0.25) is 9.59 Å². The maximum atomic E-state index is 11.8. The summed E-state index contributed by atoms with van der Waals surface area (Å²) in [5.74, 6) is 0.0739. The smallest absolute Gasteiger partial charge is 0.238 e. The zero-order valence-corrected chi connectivity index (χ0v) is 12.3. The first-order valence-corrected chi connectivity index (χ1v) is 7.14. The molecule has 1 heterocycles. The average molecular weight is 287 g/mol. The molecule has 112 valence electrons. The Morgan fingerprint density at radius 3 is 2.90 bits per heavy atom. The van der Waals surface area contributed by atoms with E-state index in [0.717, 1.165) is 29.9 Å². The number of amides is 2. The van der Waals surface area contributed by atoms with Gasteiger partial charge < -0.3 is 15.5 Å². The lowest BCUT2D eigenvalue weighted by atomic mass is 10.1. The van der Waals surface area contributed by atoms with E-state index in [-0.39, 0.29) is 18.4 Å². The van der Waals surface area contributed by atoms with Crippen molar-refractivity contribution in [2.24, 2.45) is 0 Å². The van der Waals surface area contributed by atoms with Gasteiger partial charge in [0.15, 0.2) is 0 Å². The van der Waals surface area contributed by atoms with E-state index in [1.54, 1.807) is 6.08 Å². The molecule has 1 aromatic rings. The minimum Gasteiger partial charge on any atom is -0.325 e. The number of anilines is 2. The zero-order valence-electron chi connectivity index (χ0n) is 12.3. The molecule has 0 aromatic heterocycles. The van der Waals surface area contributed by atoms with Crippen LogP contribution in [0.5, 0.6) is 0 Å². The first kappa shape index (κ1) is 15.3. The molecule has 0 bridgehead atoms. The number of rotatable bonds is 6. The molecule has 1 fully saturated rings. The van der Waals surface area contributed by atoms with Gasteiger partial charge >= 0.3 is 0 Å². The molecular weight excluding hydrogens is 266 g/mol. The molecule has 1 saturated heterocycles. The molecule has 1 aliphatic rings. The quantitative estimate of drug-likeness (QED) is 0.620. The van der Waals surface area contributed by atoms with E-state index in [9.17, 15) is 9.59 Å². The normalized spacial score (nSPS) is 14.3. The summed E-state index contributed by atoms with van der Waals surface area (Å²) in [5, 5.41) is 5.78. The van der Waals surface area contributed by atoms with Crippen LogP contribution >= 0.6 is 0 Å². The van der Waals surface area contributed by atoms with Crippen molar-refractivity contribution in [3.8, 4) is 0 Å². The summed E-state index contributed by atoms with van der Waals surface area (Å²) in [7, 11) is 0. The standard InChI is InChI=1S/C16H21N3O2/c1-3-8-17-11-15(20)18-13-6-7-14(12(2)10-13)19-9-4-5-16(19)21/h3,6-7,10,17H,1,4-5,8-9,11H2,2H3,(H,18,20). The van der Waals surface area contributed by atoms with Gasteiger partial charge in [0.1, 0.15) is 0 Å². The van der Waals surface area contributed by atoms with Gasteiger partial charge in [0, 0.05) is 30.9 Å². The molecule has 2 amide bonds. The number of hydrogen-bond donors (Lipinski definition) is 2. The Bertz CT molecular complexity index is 554. The van der Waals surface area contributed by atoms with Crippen molar-refractivity contribution in [1.29, 1.82) is 0 Å². The van der Waals surface area contributed by atoms with E-state index >= 15 is 0 Å². The van der Waals surface area contributed by atoms with E-state index in [4.69, 9.17) is 0 Å². The van der Waals surface area contributed by atoms with Gasteiger partial charge in [-0.25, -0.2) is 0 Å². The summed E-state index contributed by atoms with van der Waals surface area (Å²) >= 11 is 0. The Kier molecular flexibility index (Phi) is 5.11. The number of benzene rings is 1. The van der Waals surface area contributed by atoms with Crippen LogP contribution in [0.4, 0.5) is 11.4 Å². The Balaban J connectivity index is 2.00. The molecule has 1 aromatic carbocycles. The number of nitrogens with one attached hydrogen (secondary N) is 2. The third-order valence-electron chi connectivity index (χ3n) is 3.42. The van der Waals surface area contributed by atoms with E-state index in [1.807, 2.05) is 30.0 Å². The molecule has 0 aliphatic carbocycles. The van der Waals surface area contributed by atoms with Gasteiger partial charge in [-0.1, -0.05) is 6.08 Å². The van der Waals surface area contributed by atoms with Gasteiger partial charge in [-0.15, -0.1) is 6.58 Å². The molecule has 0 saturated carbocycles.